The first-order valence-electron chi connectivity index (χ1n) is 6.90. The van der Waals surface area contributed by atoms with Gasteiger partial charge in [0, 0.05) is 39.4 Å². The zero-order valence-electron chi connectivity index (χ0n) is 11.8. The predicted octanol–water partition coefficient (Wildman–Crippen LogP) is 1.19. The molecule has 1 saturated heterocycles. The molecule has 2 rings (SSSR count). The molecule has 104 valence electrons. The number of hydrogen-bond acceptors (Lipinski definition) is 3. The summed E-state index contributed by atoms with van der Waals surface area (Å²) >= 11 is 0. The largest absolute Gasteiger partial charge is 0.373 e. The predicted molar refractivity (Wildman–Crippen MR) is 78.3 cm³/mol. The van der Waals surface area contributed by atoms with Gasteiger partial charge in [-0.25, -0.2) is 0 Å². The second kappa shape index (κ2) is 6.57. The summed E-state index contributed by atoms with van der Waals surface area (Å²) in [5.74, 6) is 0.443. The molecule has 1 unspecified atom stereocenters. The molecule has 0 radical (unpaired) electrons. The summed E-state index contributed by atoms with van der Waals surface area (Å²) in [7, 11) is 3.96. The lowest BCUT2D eigenvalue weighted by atomic mass is 10.1. The van der Waals surface area contributed by atoms with Gasteiger partial charge in [0.1, 0.15) is 0 Å². The number of carbonyl (C=O) groups excluding carboxylic acids is 1. The van der Waals surface area contributed by atoms with E-state index in [2.05, 4.69) is 29.4 Å². The van der Waals surface area contributed by atoms with Crippen molar-refractivity contribution in [2.24, 2.45) is 5.92 Å². The molecule has 1 amide bonds. The third-order valence-corrected chi connectivity index (χ3v) is 3.75. The van der Waals surface area contributed by atoms with E-state index >= 15 is 0 Å². The maximum atomic E-state index is 12.2. The average Bonchev–Trinajstić information content (AvgIpc) is 2.98. The van der Waals surface area contributed by atoms with Crippen molar-refractivity contribution < 1.29 is 4.79 Å². The van der Waals surface area contributed by atoms with Gasteiger partial charge >= 0.3 is 0 Å². The fourth-order valence-corrected chi connectivity index (χ4v) is 2.40. The van der Waals surface area contributed by atoms with Gasteiger partial charge in [-0.2, -0.15) is 0 Å². The minimum atomic E-state index is 0.173. The highest BCUT2D eigenvalue weighted by Gasteiger charge is 2.25. The zero-order chi connectivity index (χ0) is 13.7. The number of hydrogen-bond donors (Lipinski definition) is 1. The summed E-state index contributed by atoms with van der Waals surface area (Å²) in [6.07, 6.45) is 0.970. The van der Waals surface area contributed by atoms with Crippen LogP contribution in [0.5, 0.6) is 0 Å². The lowest BCUT2D eigenvalue weighted by Gasteiger charge is -2.25. The van der Waals surface area contributed by atoms with Crippen molar-refractivity contribution in [1.82, 2.24) is 10.2 Å². The van der Waals surface area contributed by atoms with Gasteiger partial charge in [0.15, 0.2) is 0 Å². The summed E-state index contributed by atoms with van der Waals surface area (Å²) < 4.78 is 0. The Labute approximate surface area is 115 Å². The van der Waals surface area contributed by atoms with E-state index in [-0.39, 0.29) is 11.8 Å². The number of rotatable bonds is 5. The van der Waals surface area contributed by atoms with Crippen LogP contribution in [0.1, 0.15) is 6.42 Å². The van der Waals surface area contributed by atoms with Crippen LogP contribution in [-0.4, -0.2) is 51.1 Å². The van der Waals surface area contributed by atoms with Crippen LogP contribution in [0.4, 0.5) is 5.69 Å². The van der Waals surface area contributed by atoms with Crippen molar-refractivity contribution in [3.8, 4) is 0 Å². The quantitative estimate of drug-likeness (QED) is 0.865. The molecule has 1 heterocycles. The molecule has 1 fully saturated rings. The number of likely N-dealkylation sites (N-methyl/N-ethyl adjacent to an activating group) is 2. The molecular weight excluding hydrogens is 238 g/mol. The fraction of sp³-hybridized carbons (Fsp3) is 0.533. The molecule has 0 aliphatic carbocycles. The highest BCUT2D eigenvalue weighted by molar-refractivity contribution is 5.79. The zero-order valence-corrected chi connectivity index (χ0v) is 11.8. The van der Waals surface area contributed by atoms with E-state index < -0.39 is 0 Å². The van der Waals surface area contributed by atoms with Crippen molar-refractivity contribution in [1.29, 1.82) is 0 Å². The molecule has 0 saturated carbocycles. The average molecular weight is 261 g/mol. The van der Waals surface area contributed by atoms with Crippen LogP contribution in [0.3, 0.4) is 0 Å². The summed E-state index contributed by atoms with van der Waals surface area (Å²) in [5, 5.41) is 3.24. The van der Waals surface area contributed by atoms with Gasteiger partial charge in [-0.15, -0.1) is 0 Å². The number of nitrogens with zero attached hydrogens (tertiary/aromatic N) is 2. The molecule has 4 heteroatoms. The number of amides is 1. The second-order valence-electron chi connectivity index (χ2n) is 5.21. The molecule has 1 aliphatic rings. The molecule has 1 aromatic carbocycles. The SMILES string of the molecule is CN(CCN(C)c1ccccc1)C(=O)C1CCNC1. The Kier molecular flexibility index (Phi) is 4.80. The Morgan fingerprint density at radius 2 is 2.00 bits per heavy atom. The Hall–Kier alpha value is -1.55. The van der Waals surface area contributed by atoms with Gasteiger partial charge in [-0.05, 0) is 25.1 Å². The van der Waals surface area contributed by atoms with E-state index in [1.807, 2.05) is 30.1 Å². The van der Waals surface area contributed by atoms with Gasteiger partial charge in [0.05, 0.1) is 5.92 Å². The molecular formula is C15H23N3O. The minimum absolute atomic E-state index is 0.173. The number of benzene rings is 1. The lowest BCUT2D eigenvalue weighted by molar-refractivity contribution is -0.133. The first-order valence-corrected chi connectivity index (χ1v) is 6.90. The minimum Gasteiger partial charge on any atom is -0.373 e. The third-order valence-electron chi connectivity index (χ3n) is 3.75. The number of anilines is 1. The van der Waals surface area contributed by atoms with Crippen molar-refractivity contribution in [2.45, 2.75) is 6.42 Å². The van der Waals surface area contributed by atoms with Crippen LogP contribution in [0, 0.1) is 5.92 Å². The summed E-state index contributed by atoms with van der Waals surface area (Å²) in [6.45, 7) is 3.42. The maximum absolute atomic E-state index is 12.2. The normalized spacial score (nSPS) is 18.3. The molecule has 0 aromatic heterocycles. The summed E-state index contributed by atoms with van der Waals surface area (Å²) in [6, 6.07) is 10.3. The van der Waals surface area contributed by atoms with E-state index in [0.717, 1.165) is 32.6 Å². The van der Waals surface area contributed by atoms with Crippen LogP contribution in [0.25, 0.3) is 0 Å². The fourth-order valence-electron chi connectivity index (χ4n) is 2.40. The molecule has 0 spiro atoms. The Bertz CT molecular complexity index is 401. The van der Waals surface area contributed by atoms with Gasteiger partial charge < -0.3 is 15.1 Å². The Balaban J connectivity index is 1.79. The van der Waals surface area contributed by atoms with Gasteiger partial charge in [-0.1, -0.05) is 18.2 Å². The van der Waals surface area contributed by atoms with Crippen LogP contribution in [0.15, 0.2) is 30.3 Å². The standard InChI is InChI=1S/C15H23N3O/c1-17(14-6-4-3-5-7-14)10-11-18(2)15(19)13-8-9-16-12-13/h3-7,13,16H,8-12H2,1-2H3. The molecule has 1 N–H and O–H groups in total. The highest BCUT2D eigenvalue weighted by atomic mass is 16.2. The topological polar surface area (TPSA) is 35.6 Å². The first kappa shape index (κ1) is 13.9. The molecule has 1 aromatic rings. The smallest absolute Gasteiger partial charge is 0.226 e. The summed E-state index contributed by atoms with van der Waals surface area (Å²) in [4.78, 5) is 16.2. The van der Waals surface area contributed by atoms with Gasteiger partial charge in [-0.3, -0.25) is 4.79 Å². The monoisotopic (exact) mass is 261 g/mol. The van der Waals surface area contributed by atoms with Crippen molar-refractivity contribution in [3.63, 3.8) is 0 Å². The lowest BCUT2D eigenvalue weighted by Crippen LogP contribution is -2.38. The molecule has 4 nitrogen and oxygen atoms in total. The second-order valence-corrected chi connectivity index (χ2v) is 5.21. The van der Waals surface area contributed by atoms with E-state index in [4.69, 9.17) is 0 Å². The molecule has 19 heavy (non-hydrogen) atoms. The van der Waals surface area contributed by atoms with Crippen LogP contribution in [-0.2, 0) is 4.79 Å². The Morgan fingerprint density at radius 1 is 1.26 bits per heavy atom. The van der Waals surface area contributed by atoms with E-state index in [0.29, 0.717) is 0 Å². The van der Waals surface area contributed by atoms with Gasteiger partial charge in [0.25, 0.3) is 0 Å². The molecule has 1 aliphatic heterocycles. The molecule has 0 bridgehead atoms. The van der Waals surface area contributed by atoms with Crippen molar-refractivity contribution in [2.75, 3.05) is 45.2 Å². The first-order chi connectivity index (χ1) is 9.18. The number of para-hydroxylation sites is 1. The highest BCUT2D eigenvalue weighted by Crippen LogP contribution is 2.12. The summed E-state index contributed by atoms with van der Waals surface area (Å²) in [5.41, 5.74) is 1.19. The van der Waals surface area contributed by atoms with Crippen LogP contribution in [0.2, 0.25) is 0 Å². The van der Waals surface area contributed by atoms with E-state index in [1.165, 1.54) is 5.69 Å². The Morgan fingerprint density at radius 3 is 2.63 bits per heavy atom. The number of carbonyl (C=O) groups is 1. The van der Waals surface area contributed by atoms with E-state index in [9.17, 15) is 4.79 Å². The third kappa shape index (κ3) is 3.70. The van der Waals surface area contributed by atoms with Crippen molar-refractivity contribution in [3.05, 3.63) is 30.3 Å². The van der Waals surface area contributed by atoms with Gasteiger partial charge in [0.2, 0.25) is 5.91 Å². The maximum Gasteiger partial charge on any atom is 0.226 e. The number of nitrogens with one attached hydrogen (secondary N) is 1. The van der Waals surface area contributed by atoms with Crippen LogP contribution < -0.4 is 10.2 Å². The van der Waals surface area contributed by atoms with Crippen LogP contribution >= 0.6 is 0 Å². The molecule has 1 atom stereocenters. The van der Waals surface area contributed by atoms with E-state index in [1.54, 1.807) is 0 Å². The van der Waals surface area contributed by atoms with Crippen molar-refractivity contribution >= 4 is 11.6 Å².